The molecule has 1 unspecified atom stereocenters. The highest BCUT2D eigenvalue weighted by atomic mass is 35.5. The molecule has 1 N–H and O–H groups in total. The SMILES string of the molecule is CC(C(=O)O)N1CCN(c2ccccc2F)CC1.Cl. The summed E-state index contributed by atoms with van der Waals surface area (Å²) < 4.78 is 13.6. The molecule has 0 bridgehead atoms. The standard InChI is InChI=1S/C13H17FN2O2.ClH/c1-10(13(17)18)15-6-8-16(9-7-15)12-5-3-2-4-11(12)14;/h2-5,10H,6-9H2,1H3,(H,17,18);1H. The maximum Gasteiger partial charge on any atom is 0.320 e. The third-order valence-electron chi connectivity index (χ3n) is 3.41. The minimum Gasteiger partial charge on any atom is -0.480 e. The summed E-state index contributed by atoms with van der Waals surface area (Å²) in [6.07, 6.45) is 0. The first-order valence-corrected chi connectivity index (χ1v) is 6.06. The molecule has 0 saturated carbocycles. The van der Waals surface area contributed by atoms with Crippen LogP contribution in [-0.4, -0.2) is 48.2 Å². The van der Waals surface area contributed by atoms with Crippen molar-refractivity contribution >= 4 is 24.1 Å². The van der Waals surface area contributed by atoms with Crippen molar-refractivity contribution in [3.8, 4) is 0 Å². The van der Waals surface area contributed by atoms with Gasteiger partial charge in [0.25, 0.3) is 0 Å². The average Bonchev–Trinajstić information content (AvgIpc) is 2.38. The van der Waals surface area contributed by atoms with Crippen molar-refractivity contribution in [2.45, 2.75) is 13.0 Å². The summed E-state index contributed by atoms with van der Waals surface area (Å²) in [6.45, 7) is 4.27. The molecule has 6 heteroatoms. The van der Waals surface area contributed by atoms with E-state index in [1.54, 1.807) is 19.1 Å². The smallest absolute Gasteiger partial charge is 0.320 e. The molecule has 1 atom stereocenters. The first-order valence-electron chi connectivity index (χ1n) is 6.06. The van der Waals surface area contributed by atoms with Crippen molar-refractivity contribution in [3.05, 3.63) is 30.1 Å². The molecule has 0 aliphatic carbocycles. The number of rotatable bonds is 3. The summed E-state index contributed by atoms with van der Waals surface area (Å²) in [7, 11) is 0. The third-order valence-corrected chi connectivity index (χ3v) is 3.41. The fourth-order valence-electron chi connectivity index (χ4n) is 2.21. The van der Waals surface area contributed by atoms with Crippen LogP contribution >= 0.6 is 12.4 Å². The third kappa shape index (κ3) is 3.58. The lowest BCUT2D eigenvalue weighted by Crippen LogP contribution is -2.51. The van der Waals surface area contributed by atoms with Crippen molar-refractivity contribution in [2.75, 3.05) is 31.1 Å². The van der Waals surface area contributed by atoms with Gasteiger partial charge in [-0.1, -0.05) is 12.1 Å². The molecule has 1 heterocycles. The molecule has 0 amide bonds. The zero-order chi connectivity index (χ0) is 13.1. The molecule has 4 nitrogen and oxygen atoms in total. The molecule has 0 radical (unpaired) electrons. The Labute approximate surface area is 118 Å². The molecule has 1 aliphatic heterocycles. The quantitative estimate of drug-likeness (QED) is 0.922. The molecule has 2 rings (SSSR count). The van der Waals surface area contributed by atoms with Crippen LogP contribution in [0, 0.1) is 5.82 Å². The van der Waals surface area contributed by atoms with Crippen LogP contribution in [0.2, 0.25) is 0 Å². The Morgan fingerprint density at radius 1 is 1.26 bits per heavy atom. The van der Waals surface area contributed by atoms with E-state index in [9.17, 15) is 9.18 Å². The highest BCUT2D eigenvalue weighted by Gasteiger charge is 2.25. The van der Waals surface area contributed by atoms with Crippen molar-refractivity contribution in [3.63, 3.8) is 0 Å². The first-order chi connectivity index (χ1) is 8.59. The Morgan fingerprint density at radius 2 is 1.84 bits per heavy atom. The Bertz CT molecular complexity index is 436. The molecular formula is C13H18ClFN2O2. The molecule has 0 spiro atoms. The summed E-state index contributed by atoms with van der Waals surface area (Å²) in [5, 5.41) is 8.95. The van der Waals surface area contributed by atoms with Crippen LogP contribution in [0.3, 0.4) is 0 Å². The predicted octanol–water partition coefficient (Wildman–Crippen LogP) is 1.84. The maximum atomic E-state index is 13.6. The number of benzene rings is 1. The van der Waals surface area contributed by atoms with Gasteiger partial charge < -0.3 is 10.0 Å². The van der Waals surface area contributed by atoms with E-state index in [4.69, 9.17) is 5.11 Å². The fourth-order valence-corrected chi connectivity index (χ4v) is 2.21. The number of halogens is 2. The van der Waals surface area contributed by atoms with Gasteiger partial charge in [0.05, 0.1) is 5.69 Å². The van der Waals surface area contributed by atoms with Crippen molar-refractivity contribution < 1.29 is 14.3 Å². The van der Waals surface area contributed by atoms with E-state index in [0.29, 0.717) is 31.9 Å². The van der Waals surface area contributed by atoms with Gasteiger partial charge >= 0.3 is 5.97 Å². The molecular weight excluding hydrogens is 271 g/mol. The average molecular weight is 289 g/mol. The van der Waals surface area contributed by atoms with Crippen LogP contribution in [0.25, 0.3) is 0 Å². The molecule has 1 saturated heterocycles. The molecule has 19 heavy (non-hydrogen) atoms. The molecule has 1 aliphatic rings. The van der Waals surface area contributed by atoms with Crippen molar-refractivity contribution in [1.29, 1.82) is 0 Å². The Kier molecular flexibility index (Phi) is 5.57. The predicted molar refractivity (Wildman–Crippen MR) is 74.5 cm³/mol. The second-order valence-electron chi connectivity index (χ2n) is 4.49. The summed E-state index contributed by atoms with van der Waals surface area (Å²) in [4.78, 5) is 14.8. The summed E-state index contributed by atoms with van der Waals surface area (Å²) in [5.41, 5.74) is 0.597. The summed E-state index contributed by atoms with van der Waals surface area (Å²) in [5.74, 6) is -1.04. The van der Waals surface area contributed by atoms with Gasteiger partial charge in [0.1, 0.15) is 11.9 Å². The molecule has 1 aromatic carbocycles. The first kappa shape index (κ1) is 15.7. The Morgan fingerprint density at radius 3 is 2.37 bits per heavy atom. The lowest BCUT2D eigenvalue weighted by Gasteiger charge is -2.37. The van der Waals surface area contributed by atoms with E-state index >= 15 is 0 Å². The van der Waals surface area contributed by atoms with Crippen LogP contribution in [0.5, 0.6) is 0 Å². The summed E-state index contributed by atoms with van der Waals surface area (Å²) in [6, 6.07) is 6.20. The van der Waals surface area contributed by atoms with Crippen molar-refractivity contribution in [1.82, 2.24) is 4.90 Å². The minimum absolute atomic E-state index is 0. The van der Waals surface area contributed by atoms with Gasteiger partial charge in [0.2, 0.25) is 0 Å². The fraction of sp³-hybridized carbons (Fsp3) is 0.462. The second-order valence-corrected chi connectivity index (χ2v) is 4.49. The zero-order valence-electron chi connectivity index (χ0n) is 10.8. The van der Waals surface area contributed by atoms with E-state index in [1.807, 2.05) is 15.9 Å². The number of hydrogen-bond donors (Lipinski definition) is 1. The molecule has 106 valence electrons. The van der Waals surface area contributed by atoms with Gasteiger partial charge in [0.15, 0.2) is 0 Å². The van der Waals surface area contributed by atoms with Gasteiger partial charge in [-0.2, -0.15) is 0 Å². The lowest BCUT2D eigenvalue weighted by atomic mass is 10.2. The normalized spacial score (nSPS) is 17.7. The van der Waals surface area contributed by atoms with Gasteiger partial charge in [-0.3, -0.25) is 9.69 Å². The second kappa shape index (κ2) is 6.73. The molecule has 0 aromatic heterocycles. The van der Waals surface area contributed by atoms with Crippen molar-refractivity contribution in [2.24, 2.45) is 0 Å². The number of piperazine rings is 1. The monoisotopic (exact) mass is 288 g/mol. The molecule has 1 aromatic rings. The van der Waals surface area contributed by atoms with Crippen LogP contribution < -0.4 is 4.90 Å². The number of carbonyl (C=O) groups is 1. The highest BCUT2D eigenvalue weighted by molar-refractivity contribution is 5.85. The topological polar surface area (TPSA) is 43.8 Å². The number of carboxylic acids is 1. The van der Waals surface area contributed by atoms with E-state index in [2.05, 4.69) is 0 Å². The maximum absolute atomic E-state index is 13.6. The largest absolute Gasteiger partial charge is 0.480 e. The van der Waals surface area contributed by atoms with E-state index in [-0.39, 0.29) is 18.2 Å². The van der Waals surface area contributed by atoms with E-state index in [1.165, 1.54) is 6.07 Å². The number of para-hydroxylation sites is 1. The minimum atomic E-state index is -0.811. The van der Waals surface area contributed by atoms with Crippen LogP contribution in [-0.2, 0) is 4.79 Å². The van der Waals surface area contributed by atoms with Gasteiger partial charge in [-0.25, -0.2) is 4.39 Å². The summed E-state index contributed by atoms with van der Waals surface area (Å²) >= 11 is 0. The van der Waals surface area contributed by atoms with E-state index in [0.717, 1.165) is 0 Å². The van der Waals surface area contributed by atoms with Gasteiger partial charge in [-0.15, -0.1) is 12.4 Å². The van der Waals surface area contributed by atoms with Crippen LogP contribution in [0.4, 0.5) is 10.1 Å². The Balaban J connectivity index is 0.00000180. The van der Waals surface area contributed by atoms with Gasteiger partial charge in [-0.05, 0) is 19.1 Å². The van der Waals surface area contributed by atoms with Gasteiger partial charge in [0, 0.05) is 26.2 Å². The number of aliphatic carboxylic acids is 1. The Hall–Kier alpha value is -1.33. The highest BCUT2D eigenvalue weighted by Crippen LogP contribution is 2.20. The molecule has 1 fully saturated rings. The van der Waals surface area contributed by atoms with E-state index < -0.39 is 12.0 Å². The number of carboxylic acid groups (broad SMARTS) is 1. The van der Waals surface area contributed by atoms with Crippen LogP contribution in [0.15, 0.2) is 24.3 Å². The lowest BCUT2D eigenvalue weighted by molar-refractivity contribution is -0.142. The number of hydrogen-bond acceptors (Lipinski definition) is 3. The van der Waals surface area contributed by atoms with Crippen LogP contribution in [0.1, 0.15) is 6.92 Å². The zero-order valence-corrected chi connectivity index (χ0v) is 11.6. The number of nitrogens with zero attached hydrogens (tertiary/aromatic N) is 2. The number of anilines is 1.